The van der Waals surface area contributed by atoms with Crippen molar-refractivity contribution < 1.29 is 17.9 Å². The summed E-state index contributed by atoms with van der Waals surface area (Å²) in [6.07, 6.45) is 3.40. The van der Waals surface area contributed by atoms with Gasteiger partial charge in [-0.2, -0.15) is 4.31 Å². The fraction of sp³-hybridized carbons (Fsp3) is 0.750. The van der Waals surface area contributed by atoms with Gasteiger partial charge in [-0.1, -0.05) is 12.7 Å². The third kappa shape index (κ3) is 8.17. The van der Waals surface area contributed by atoms with Crippen molar-refractivity contribution in [3.63, 3.8) is 0 Å². The van der Waals surface area contributed by atoms with Crippen molar-refractivity contribution >= 4 is 15.9 Å². The molecule has 180 valence electrons. The van der Waals surface area contributed by atoms with Crippen molar-refractivity contribution in [1.82, 2.24) is 25.0 Å². The van der Waals surface area contributed by atoms with Gasteiger partial charge >= 0.3 is 0 Å². The van der Waals surface area contributed by atoms with Crippen LogP contribution in [0.4, 0.5) is 0 Å². The predicted molar refractivity (Wildman–Crippen MR) is 123 cm³/mol. The van der Waals surface area contributed by atoms with Gasteiger partial charge in [0.15, 0.2) is 0 Å². The smallest absolute Gasteiger partial charge is 0.230 e. The summed E-state index contributed by atoms with van der Waals surface area (Å²) in [5.74, 6) is -0.560. The lowest BCUT2D eigenvalue weighted by Crippen LogP contribution is -2.56. The van der Waals surface area contributed by atoms with E-state index in [1.54, 1.807) is 31.1 Å². The van der Waals surface area contributed by atoms with E-state index in [2.05, 4.69) is 22.3 Å². The van der Waals surface area contributed by atoms with E-state index in [0.717, 1.165) is 0 Å². The van der Waals surface area contributed by atoms with Gasteiger partial charge in [-0.05, 0) is 41.1 Å². The minimum atomic E-state index is -3.70. The van der Waals surface area contributed by atoms with E-state index < -0.39 is 27.2 Å². The van der Waals surface area contributed by atoms with Crippen LogP contribution >= 0.6 is 0 Å². The lowest BCUT2D eigenvalue weighted by Gasteiger charge is -2.38. The minimum Gasteiger partial charge on any atom is -0.498 e. The van der Waals surface area contributed by atoms with Crippen LogP contribution in [0.1, 0.15) is 20.3 Å². The number of nitrogens with two attached hydrogens (primary N) is 1. The Labute approximate surface area is 187 Å². The van der Waals surface area contributed by atoms with Crippen LogP contribution in [0.2, 0.25) is 0 Å². The molecule has 1 rings (SSSR count). The largest absolute Gasteiger partial charge is 0.498 e. The fourth-order valence-electron chi connectivity index (χ4n) is 3.62. The molecule has 31 heavy (non-hydrogen) atoms. The SMILES string of the molecule is C=C/C=C(\CC(N(C)CC(C(N)=O)C(C)NNC)S(=O)(=O)N1CCN(C)CC1)OCC. The van der Waals surface area contributed by atoms with E-state index in [-0.39, 0.29) is 19.0 Å². The second-order valence-corrected chi connectivity index (χ2v) is 9.93. The Morgan fingerprint density at radius 1 is 1.32 bits per heavy atom. The van der Waals surface area contributed by atoms with E-state index in [1.807, 2.05) is 20.9 Å². The zero-order valence-corrected chi connectivity index (χ0v) is 20.3. The summed E-state index contributed by atoms with van der Waals surface area (Å²) < 4.78 is 34.5. The number of hydrogen-bond acceptors (Lipinski definition) is 8. The summed E-state index contributed by atoms with van der Waals surface area (Å²) in [5, 5.41) is -0.905. The molecule has 0 aliphatic carbocycles. The van der Waals surface area contributed by atoms with Crippen LogP contribution in [0.3, 0.4) is 0 Å². The number of rotatable bonds is 14. The van der Waals surface area contributed by atoms with Crippen LogP contribution in [0.5, 0.6) is 0 Å². The zero-order chi connectivity index (χ0) is 23.6. The van der Waals surface area contributed by atoms with Gasteiger partial charge in [-0.15, -0.1) is 0 Å². The molecule has 0 spiro atoms. The van der Waals surface area contributed by atoms with Gasteiger partial charge in [-0.3, -0.25) is 20.5 Å². The highest BCUT2D eigenvalue weighted by Gasteiger charge is 2.39. The number of sulfonamides is 1. The van der Waals surface area contributed by atoms with Gasteiger partial charge in [0.25, 0.3) is 0 Å². The van der Waals surface area contributed by atoms with Crippen LogP contribution < -0.4 is 16.6 Å². The second-order valence-electron chi connectivity index (χ2n) is 7.84. The molecule has 4 N–H and O–H groups in total. The maximum absolute atomic E-state index is 13.6. The summed E-state index contributed by atoms with van der Waals surface area (Å²) in [6.45, 7) is 10.2. The molecule has 0 aromatic heterocycles. The van der Waals surface area contributed by atoms with E-state index in [1.165, 1.54) is 4.31 Å². The maximum Gasteiger partial charge on any atom is 0.230 e. The Balaban J connectivity index is 3.22. The third-order valence-corrected chi connectivity index (χ3v) is 7.79. The molecular weight excluding hydrogens is 420 g/mol. The molecule has 1 aliphatic rings. The van der Waals surface area contributed by atoms with Crippen LogP contribution in [0.15, 0.2) is 24.5 Å². The first-order valence-electron chi connectivity index (χ1n) is 10.6. The lowest BCUT2D eigenvalue weighted by molar-refractivity contribution is -0.123. The van der Waals surface area contributed by atoms with Gasteiger partial charge in [0.2, 0.25) is 15.9 Å². The molecular formula is C20H40N6O4S. The molecule has 0 saturated carbocycles. The molecule has 1 aliphatic heterocycles. The highest BCUT2D eigenvalue weighted by molar-refractivity contribution is 7.89. The van der Waals surface area contributed by atoms with E-state index in [0.29, 0.717) is 38.5 Å². The number of nitrogens with one attached hydrogen (secondary N) is 2. The number of amides is 1. The van der Waals surface area contributed by atoms with Crippen LogP contribution in [0, 0.1) is 5.92 Å². The Kier molecular flexibility index (Phi) is 11.7. The molecule has 11 heteroatoms. The quantitative estimate of drug-likeness (QED) is 0.181. The lowest BCUT2D eigenvalue weighted by atomic mass is 10.0. The van der Waals surface area contributed by atoms with E-state index in [9.17, 15) is 13.2 Å². The number of carbonyl (C=O) groups is 1. The molecule has 0 radical (unpaired) electrons. The number of hydrogen-bond donors (Lipinski definition) is 3. The predicted octanol–water partition coefficient (Wildman–Crippen LogP) is -0.468. The molecule has 3 atom stereocenters. The number of likely N-dealkylation sites (N-methyl/N-ethyl adjacent to an activating group) is 1. The van der Waals surface area contributed by atoms with Crippen molar-refractivity contribution in [2.45, 2.75) is 31.7 Å². The molecule has 0 aromatic rings. The van der Waals surface area contributed by atoms with Gasteiger partial charge in [0.05, 0.1) is 18.3 Å². The standard InChI is InChI=1S/C20H40N6O4S/c1-7-9-17(30-8-2)14-19(31(28,29)26-12-10-24(5)11-13-26)25(6)15-18(20(21)27)16(3)23-22-4/h7,9,16,18-19,22-23H,1,8,10-15H2,2-6H3,(H2,21,27)/b17-9+. The molecule has 1 saturated heterocycles. The summed E-state index contributed by atoms with van der Waals surface area (Å²) >= 11 is 0. The fourth-order valence-corrected chi connectivity index (χ4v) is 5.55. The van der Waals surface area contributed by atoms with Gasteiger partial charge in [0, 0.05) is 45.2 Å². The molecule has 1 amide bonds. The summed E-state index contributed by atoms with van der Waals surface area (Å²) in [7, 11) is 1.68. The van der Waals surface area contributed by atoms with Gasteiger partial charge in [0.1, 0.15) is 5.37 Å². The number of hydrazine groups is 1. The summed E-state index contributed by atoms with van der Waals surface area (Å²) in [5.41, 5.74) is 11.4. The number of carbonyl (C=O) groups excluding carboxylic acids is 1. The number of ether oxygens (including phenoxy) is 1. The first-order valence-corrected chi connectivity index (χ1v) is 12.1. The third-order valence-electron chi connectivity index (χ3n) is 5.49. The molecule has 1 heterocycles. The number of allylic oxidation sites excluding steroid dienone is 2. The Hall–Kier alpha value is -1.50. The number of primary amides is 1. The average molecular weight is 461 g/mol. The maximum atomic E-state index is 13.6. The van der Waals surface area contributed by atoms with Crippen molar-refractivity contribution in [2.75, 3.05) is 60.5 Å². The minimum absolute atomic E-state index is 0.143. The second kappa shape index (κ2) is 13.1. The Bertz CT molecular complexity index is 706. The van der Waals surface area contributed by atoms with Crippen molar-refractivity contribution in [3.8, 4) is 0 Å². The molecule has 3 unspecified atom stereocenters. The van der Waals surface area contributed by atoms with Crippen molar-refractivity contribution in [2.24, 2.45) is 11.7 Å². The van der Waals surface area contributed by atoms with Crippen molar-refractivity contribution in [1.29, 1.82) is 0 Å². The van der Waals surface area contributed by atoms with E-state index >= 15 is 0 Å². The van der Waals surface area contributed by atoms with E-state index in [4.69, 9.17) is 10.5 Å². The molecule has 0 aromatic carbocycles. The van der Waals surface area contributed by atoms with Gasteiger partial charge < -0.3 is 15.4 Å². The number of nitrogens with zero attached hydrogens (tertiary/aromatic N) is 3. The molecule has 1 fully saturated rings. The average Bonchev–Trinajstić information content (AvgIpc) is 2.70. The normalized spacial score (nSPS) is 19.7. The topological polar surface area (TPSA) is 120 Å². The Morgan fingerprint density at radius 2 is 1.94 bits per heavy atom. The molecule has 10 nitrogen and oxygen atoms in total. The first-order chi connectivity index (χ1) is 14.6. The first kappa shape index (κ1) is 27.5. The highest BCUT2D eigenvalue weighted by atomic mass is 32.2. The number of piperazine rings is 1. The monoisotopic (exact) mass is 460 g/mol. The summed E-state index contributed by atoms with van der Waals surface area (Å²) in [4.78, 5) is 15.9. The van der Waals surface area contributed by atoms with Crippen LogP contribution in [-0.4, -0.2) is 100 Å². The van der Waals surface area contributed by atoms with Gasteiger partial charge in [-0.25, -0.2) is 8.42 Å². The van der Waals surface area contributed by atoms with Crippen molar-refractivity contribution in [3.05, 3.63) is 24.5 Å². The van der Waals surface area contributed by atoms with Crippen LogP contribution in [-0.2, 0) is 19.6 Å². The zero-order valence-electron chi connectivity index (χ0n) is 19.5. The molecule has 0 bridgehead atoms. The summed E-state index contributed by atoms with van der Waals surface area (Å²) in [6, 6.07) is -0.285. The Morgan fingerprint density at radius 3 is 2.42 bits per heavy atom. The van der Waals surface area contributed by atoms with Crippen LogP contribution in [0.25, 0.3) is 0 Å². The highest BCUT2D eigenvalue weighted by Crippen LogP contribution is 2.23.